The molecule has 0 aliphatic carbocycles. The second-order valence-electron chi connectivity index (χ2n) is 4.49. The highest BCUT2D eigenvalue weighted by Crippen LogP contribution is 2.21. The fraction of sp³-hybridized carbons (Fsp3) is 0.267. The van der Waals surface area contributed by atoms with E-state index in [1.54, 1.807) is 36.5 Å². The van der Waals surface area contributed by atoms with Crippen LogP contribution in [0.1, 0.15) is 11.3 Å². The van der Waals surface area contributed by atoms with Gasteiger partial charge >= 0.3 is 12.0 Å². The number of rotatable bonds is 7. The van der Waals surface area contributed by atoms with E-state index in [4.69, 9.17) is 14.6 Å². The van der Waals surface area contributed by atoms with Gasteiger partial charge in [0.05, 0.1) is 12.8 Å². The maximum atomic E-state index is 10.7. The largest absolute Gasteiger partial charge is 0.487 e. The lowest BCUT2D eigenvalue weighted by Crippen LogP contribution is -2.22. The van der Waals surface area contributed by atoms with Crippen LogP contribution >= 0.6 is 0 Å². The second-order valence-corrected chi connectivity index (χ2v) is 4.49. The van der Waals surface area contributed by atoms with E-state index in [-0.39, 0.29) is 19.0 Å². The van der Waals surface area contributed by atoms with Crippen LogP contribution in [0, 0.1) is 0 Å². The van der Waals surface area contributed by atoms with Crippen molar-refractivity contribution >= 4 is 5.97 Å². The molecular formula is C15H16N2O5. The molecule has 0 amide bonds. The molecule has 0 unspecified atom stereocenters. The summed E-state index contributed by atoms with van der Waals surface area (Å²) in [6, 6.07) is 8.88. The summed E-state index contributed by atoms with van der Waals surface area (Å²) in [5.41, 5.74) is 1.24. The van der Waals surface area contributed by atoms with Crippen molar-refractivity contribution in [3.05, 3.63) is 47.8 Å². The molecule has 7 heteroatoms. The molecule has 1 atom stereocenters. The third-order valence-corrected chi connectivity index (χ3v) is 2.92. The number of benzene rings is 1. The smallest absolute Gasteiger partial charge is 0.332 e. The predicted molar refractivity (Wildman–Crippen MR) is 76.7 cm³/mol. The van der Waals surface area contributed by atoms with Gasteiger partial charge in [0, 0.05) is 12.6 Å². The Kier molecular flexibility index (Phi) is 5.26. The molecule has 7 nitrogen and oxygen atoms in total. The molecule has 1 heterocycles. The van der Waals surface area contributed by atoms with Gasteiger partial charge in [0.25, 0.3) is 0 Å². The maximum absolute atomic E-state index is 10.7. The van der Waals surface area contributed by atoms with Crippen molar-refractivity contribution in [3.8, 4) is 11.8 Å². The summed E-state index contributed by atoms with van der Waals surface area (Å²) in [6.07, 6.45) is 0.0624. The Balaban J connectivity index is 2.07. The van der Waals surface area contributed by atoms with Gasteiger partial charge in [-0.25, -0.2) is 9.78 Å². The summed E-state index contributed by atoms with van der Waals surface area (Å²) in [7, 11) is 1.47. The fourth-order valence-corrected chi connectivity index (χ4v) is 1.82. The van der Waals surface area contributed by atoms with Gasteiger partial charge in [0.1, 0.15) is 12.4 Å². The minimum atomic E-state index is -1.47. The molecule has 0 aliphatic rings. The molecule has 0 fully saturated rings. The van der Waals surface area contributed by atoms with Crippen molar-refractivity contribution in [2.75, 3.05) is 7.11 Å². The first-order chi connectivity index (χ1) is 10.6. The predicted octanol–water partition coefficient (Wildman–Crippen LogP) is 1.05. The number of para-hydroxylation sites is 1. The minimum Gasteiger partial charge on any atom is -0.487 e. The van der Waals surface area contributed by atoms with E-state index >= 15 is 0 Å². The van der Waals surface area contributed by atoms with Crippen molar-refractivity contribution in [1.82, 2.24) is 9.97 Å². The van der Waals surface area contributed by atoms with E-state index < -0.39 is 12.1 Å². The molecule has 22 heavy (non-hydrogen) atoms. The van der Waals surface area contributed by atoms with Crippen LogP contribution in [0.5, 0.6) is 11.8 Å². The van der Waals surface area contributed by atoms with Gasteiger partial charge in [0.2, 0.25) is 0 Å². The number of aromatic nitrogens is 2. The minimum absolute atomic E-state index is 0.0292. The molecule has 2 rings (SSSR count). The number of methoxy groups -OCH3 is 1. The van der Waals surface area contributed by atoms with Crippen molar-refractivity contribution in [2.24, 2.45) is 0 Å². The van der Waals surface area contributed by atoms with Gasteiger partial charge in [-0.15, -0.1) is 0 Å². The number of hydrogen-bond acceptors (Lipinski definition) is 6. The van der Waals surface area contributed by atoms with Crippen molar-refractivity contribution < 1.29 is 24.5 Å². The molecule has 0 saturated carbocycles. The second kappa shape index (κ2) is 7.37. The molecule has 0 aliphatic heterocycles. The van der Waals surface area contributed by atoms with E-state index in [0.29, 0.717) is 17.0 Å². The first kappa shape index (κ1) is 15.7. The highest BCUT2D eigenvalue weighted by molar-refractivity contribution is 5.72. The Morgan fingerprint density at radius 2 is 2.09 bits per heavy atom. The first-order valence-electron chi connectivity index (χ1n) is 6.57. The van der Waals surface area contributed by atoms with Crippen molar-refractivity contribution in [1.29, 1.82) is 0 Å². The molecule has 2 aromatic rings. The normalized spacial score (nSPS) is 11.7. The monoisotopic (exact) mass is 304 g/mol. The Morgan fingerprint density at radius 3 is 2.82 bits per heavy atom. The first-order valence-corrected chi connectivity index (χ1v) is 6.57. The summed E-state index contributed by atoms with van der Waals surface area (Å²) in [6.45, 7) is 0.180. The molecule has 1 aromatic carbocycles. The van der Waals surface area contributed by atoms with Crippen LogP contribution in [0.15, 0.2) is 36.5 Å². The van der Waals surface area contributed by atoms with Crippen LogP contribution in [0.25, 0.3) is 0 Å². The van der Waals surface area contributed by atoms with Gasteiger partial charge in [-0.2, -0.15) is 4.98 Å². The number of hydrogen-bond donors (Lipinski definition) is 2. The number of aliphatic hydroxyl groups is 1. The molecule has 0 bridgehead atoms. The Labute approximate surface area is 127 Å². The quantitative estimate of drug-likeness (QED) is 0.788. The van der Waals surface area contributed by atoms with Crippen LogP contribution in [0.4, 0.5) is 0 Å². The van der Waals surface area contributed by atoms with Crippen LogP contribution in [-0.2, 0) is 17.8 Å². The standard InChI is InChI=1S/C15H16N2O5/c1-21-15-16-7-6-11(17-15)9-22-13-5-3-2-4-10(13)8-12(18)14(19)20/h2-7,12,18H,8-9H2,1H3,(H,19,20)/t12-/m1/s1. The lowest BCUT2D eigenvalue weighted by atomic mass is 10.1. The molecule has 116 valence electrons. The molecule has 2 N–H and O–H groups in total. The topological polar surface area (TPSA) is 102 Å². The van der Waals surface area contributed by atoms with Gasteiger partial charge in [-0.1, -0.05) is 18.2 Å². The zero-order valence-corrected chi connectivity index (χ0v) is 12.0. The van der Waals surface area contributed by atoms with Crippen LogP contribution in [0.3, 0.4) is 0 Å². The molecular weight excluding hydrogens is 288 g/mol. The number of carbonyl (C=O) groups is 1. The molecule has 0 radical (unpaired) electrons. The third-order valence-electron chi connectivity index (χ3n) is 2.92. The molecule has 1 aromatic heterocycles. The van der Waals surface area contributed by atoms with E-state index in [9.17, 15) is 9.90 Å². The summed E-state index contributed by atoms with van der Waals surface area (Å²) in [5, 5.41) is 18.2. The Morgan fingerprint density at radius 1 is 1.32 bits per heavy atom. The van der Waals surface area contributed by atoms with E-state index in [1.165, 1.54) is 7.11 Å². The number of carboxylic acid groups (broad SMARTS) is 1. The lowest BCUT2D eigenvalue weighted by Gasteiger charge is -2.12. The van der Waals surface area contributed by atoms with Gasteiger partial charge < -0.3 is 19.7 Å². The summed E-state index contributed by atoms with van der Waals surface area (Å²) < 4.78 is 10.6. The zero-order valence-electron chi connectivity index (χ0n) is 12.0. The van der Waals surface area contributed by atoms with E-state index in [2.05, 4.69) is 9.97 Å². The van der Waals surface area contributed by atoms with Crippen LogP contribution < -0.4 is 9.47 Å². The third kappa shape index (κ3) is 4.16. The number of nitrogens with zero attached hydrogens (tertiary/aromatic N) is 2. The lowest BCUT2D eigenvalue weighted by molar-refractivity contribution is -0.146. The van der Waals surface area contributed by atoms with Crippen molar-refractivity contribution in [2.45, 2.75) is 19.1 Å². The fourth-order valence-electron chi connectivity index (χ4n) is 1.82. The average molecular weight is 304 g/mol. The molecule has 0 spiro atoms. The number of carboxylic acids is 1. The number of ether oxygens (including phenoxy) is 2. The van der Waals surface area contributed by atoms with Gasteiger partial charge in [0.15, 0.2) is 6.10 Å². The van der Waals surface area contributed by atoms with Crippen LogP contribution in [0.2, 0.25) is 0 Å². The highest BCUT2D eigenvalue weighted by Gasteiger charge is 2.16. The van der Waals surface area contributed by atoms with E-state index in [1.807, 2.05) is 0 Å². The zero-order chi connectivity index (χ0) is 15.9. The highest BCUT2D eigenvalue weighted by atomic mass is 16.5. The maximum Gasteiger partial charge on any atom is 0.332 e. The SMILES string of the molecule is COc1nccc(COc2ccccc2C[C@@H](O)C(=O)O)n1. The molecule has 0 saturated heterocycles. The summed E-state index contributed by atoms with van der Waals surface area (Å²) in [5.74, 6) is -0.768. The van der Waals surface area contributed by atoms with Gasteiger partial charge in [-0.05, 0) is 17.7 Å². The van der Waals surface area contributed by atoms with E-state index in [0.717, 1.165) is 0 Å². The van der Waals surface area contributed by atoms with Crippen LogP contribution in [-0.4, -0.2) is 39.4 Å². The average Bonchev–Trinajstić information content (AvgIpc) is 2.54. The Hall–Kier alpha value is -2.67. The summed E-state index contributed by atoms with van der Waals surface area (Å²) >= 11 is 0. The number of aliphatic carboxylic acids is 1. The van der Waals surface area contributed by atoms with Crippen molar-refractivity contribution in [3.63, 3.8) is 0 Å². The van der Waals surface area contributed by atoms with Gasteiger partial charge in [-0.3, -0.25) is 0 Å². The Bertz CT molecular complexity index is 647. The number of aliphatic hydroxyl groups excluding tert-OH is 1. The summed E-state index contributed by atoms with van der Waals surface area (Å²) in [4.78, 5) is 18.8.